The SMILES string of the molecule is Cc1ccccc1OCC(=O)NC[C@H](c1cccn1C)N1CCc2ccccc2C1. The Morgan fingerprint density at radius 3 is 2.60 bits per heavy atom. The zero-order chi connectivity index (χ0) is 20.9. The van der Waals surface area contributed by atoms with Crippen molar-refractivity contribution in [2.45, 2.75) is 25.9 Å². The Hall–Kier alpha value is -3.05. The fraction of sp³-hybridized carbons (Fsp3) is 0.320. The van der Waals surface area contributed by atoms with Crippen LogP contribution in [0, 0.1) is 6.92 Å². The first-order valence-electron chi connectivity index (χ1n) is 10.5. The minimum absolute atomic E-state index is 0.0214. The molecule has 1 aliphatic heterocycles. The Bertz CT molecular complexity index is 1010. The molecule has 0 unspecified atom stereocenters. The van der Waals surface area contributed by atoms with Crippen LogP contribution in [0.15, 0.2) is 66.9 Å². The molecule has 1 atom stereocenters. The van der Waals surface area contributed by atoms with Crippen LogP contribution < -0.4 is 10.1 Å². The third kappa shape index (κ3) is 4.57. The third-order valence-electron chi connectivity index (χ3n) is 5.87. The highest BCUT2D eigenvalue weighted by molar-refractivity contribution is 5.77. The molecule has 0 fully saturated rings. The largest absolute Gasteiger partial charge is 0.484 e. The molecule has 0 saturated carbocycles. The molecular formula is C25H29N3O2. The Kier molecular flexibility index (Phi) is 6.19. The number of fused-ring (bicyclic) bond motifs is 1. The van der Waals surface area contributed by atoms with E-state index >= 15 is 0 Å². The summed E-state index contributed by atoms with van der Waals surface area (Å²) in [5.74, 6) is 0.647. The summed E-state index contributed by atoms with van der Waals surface area (Å²) in [6.07, 6.45) is 3.09. The summed E-state index contributed by atoms with van der Waals surface area (Å²) in [5.41, 5.74) is 5.03. The Balaban J connectivity index is 1.42. The number of ether oxygens (including phenoxy) is 1. The van der Waals surface area contributed by atoms with Crippen LogP contribution in [0.3, 0.4) is 0 Å². The van der Waals surface area contributed by atoms with Crippen LogP contribution in [-0.4, -0.2) is 35.1 Å². The first kappa shape index (κ1) is 20.2. The second-order valence-corrected chi connectivity index (χ2v) is 7.91. The Morgan fingerprint density at radius 2 is 1.83 bits per heavy atom. The smallest absolute Gasteiger partial charge is 0.258 e. The van der Waals surface area contributed by atoms with Crippen LogP contribution in [0.5, 0.6) is 5.75 Å². The molecule has 0 spiro atoms. The van der Waals surface area contributed by atoms with Gasteiger partial charge in [0, 0.05) is 38.6 Å². The van der Waals surface area contributed by atoms with E-state index in [1.807, 2.05) is 31.2 Å². The van der Waals surface area contributed by atoms with Crippen molar-refractivity contribution in [3.05, 3.63) is 89.2 Å². The fourth-order valence-electron chi connectivity index (χ4n) is 4.15. The molecule has 156 valence electrons. The summed E-state index contributed by atoms with van der Waals surface area (Å²) in [4.78, 5) is 15.0. The topological polar surface area (TPSA) is 46.5 Å². The summed E-state index contributed by atoms with van der Waals surface area (Å²) >= 11 is 0. The van der Waals surface area contributed by atoms with Crippen molar-refractivity contribution in [3.63, 3.8) is 0 Å². The van der Waals surface area contributed by atoms with E-state index in [1.165, 1.54) is 16.8 Å². The lowest BCUT2D eigenvalue weighted by molar-refractivity contribution is -0.123. The maximum absolute atomic E-state index is 12.5. The minimum Gasteiger partial charge on any atom is -0.484 e. The van der Waals surface area contributed by atoms with Crippen LogP contribution in [0.1, 0.15) is 28.4 Å². The molecule has 1 amide bonds. The van der Waals surface area contributed by atoms with Crippen LogP contribution >= 0.6 is 0 Å². The summed E-state index contributed by atoms with van der Waals surface area (Å²) in [6, 6.07) is 20.7. The normalized spacial score (nSPS) is 14.7. The van der Waals surface area contributed by atoms with Gasteiger partial charge in [-0.05, 0) is 48.2 Å². The van der Waals surface area contributed by atoms with Crippen LogP contribution in [0.4, 0.5) is 0 Å². The van der Waals surface area contributed by atoms with Gasteiger partial charge in [-0.15, -0.1) is 0 Å². The summed E-state index contributed by atoms with van der Waals surface area (Å²) in [6.45, 7) is 4.42. The monoisotopic (exact) mass is 403 g/mol. The van der Waals surface area contributed by atoms with E-state index in [-0.39, 0.29) is 18.6 Å². The highest BCUT2D eigenvalue weighted by atomic mass is 16.5. The van der Waals surface area contributed by atoms with Crippen LogP contribution in [0.25, 0.3) is 0 Å². The summed E-state index contributed by atoms with van der Waals surface area (Å²) in [5, 5.41) is 3.09. The number of benzene rings is 2. The molecule has 0 bridgehead atoms. The van der Waals surface area contributed by atoms with Gasteiger partial charge in [0.05, 0.1) is 6.04 Å². The average molecular weight is 404 g/mol. The van der Waals surface area contributed by atoms with E-state index in [2.05, 4.69) is 64.4 Å². The molecule has 3 aromatic rings. The van der Waals surface area contributed by atoms with Crippen molar-refractivity contribution in [2.24, 2.45) is 7.05 Å². The fourth-order valence-corrected chi connectivity index (χ4v) is 4.15. The van der Waals surface area contributed by atoms with Gasteiger partial charge in [0.25, 0.3) is 5.91 Å². The van der Waals surface area contributed by atoms with E-state index in [4.69, 9.17) is 4.74 Å². The molecule has 1 aromatic heterocycles. The van der Waals surface area contributed by atoms with Gasteiger partial charge in [-0.25, -0.2) is 0 Å². The molecule has 2 aromatic carbocycles. The number of rotatable bonds is 7. The highest BCUT2D eigenvalue weighted by Crippen LogP contribution is 2.27. The molecule has 5 nitrogen and oxygen atoms in total. The second-order valence-electron chi connectivity index (χ2n) is 7.91. The second kappa shape index (κ2) is 9.18. The van der Waals surface area contributed by atoms with E-state index in [9.17, 15) is 4.79 Å². The zero-order valence-electron chi connectivity index (χ0n) is 17.7. The average Bonchev–Trinajstić information content (AvgIpc) is 3.19. The van der Waals surface area contributed by atoms with Crippen molar-refractivity contribution in [3.8, 4) is 5.75 Å². The number of carbonyl (C=O) groups is 1. The number of nitrogens with zero attached hydrogens (tertiary/aromatic N) is 2. The van der Waals surface area contributed by atoms with Crippen molar-refractivity contribution in [1.29, 1.82) is 0 Å². The van der Waals surface area contributed by atoms with Gasteiger partial charge in [-0.3, -0.25) is 9.69 Å². The third-order valence-corrected chi connectivity index (χ3v) is 5.87. The number of nitrogens with one attached hydrogen (secondary N) is 1. The summed E-state index contributed by atoms with van der Waals surface area (Å²) in [7, 11) is 2.06. The van der Waals surface area contributed by atoms with E-state index in [0.29, 0.717) is 6.54 Å². The van der Waals surface area contributed by atoms with Gasteiger partial charge in [0.2, 0.25) is 0 Å². The van der Waals surface area contributed by atoms with Crippen molar-refractivity contribution < 1.29 is 9.53 Å². The molecule has 1 aliphatic rings. The van der Waals surface area contributed by atoms with Gasteiger partial charge < -0.3 is 14.6 Å². The maximum Gasteiger partial charge on any atom is 0.258 e. The van der Waals surface area contributed by atoms with Crippen molar-refractivity contribution >= 4 is 5.91 Å². The maximum atomic E-state index is 12.5. The molecule has 0 aliphatic carbocycles. The lowest BCUT2D eigenvalue weighted by Crippen LogP contribution is -2.42. The van der Waals surface area contributed by atoms with Gasteiger partial charge >= 0.3 is 0 Å². The number of para-hydroxylation sites is 1. The first-order chi connectivity index (χ1) is 14.6. The highest BCUT2D eigenvalue weighted by Gasteiger charge is 2.26. The number of hydrogen-bond acceptors (Lipinski definition) is 3. The van der Waals surface area contributed by atoms with Crippen LogP contribution in [0.2, 0.25) is 0 Å². The number of hydrogen-bond donors (Lipinski definition) is 1. The number of amides is 1. The first-order valence-corrected chi connectivity index (χ1v) is 10.5. The summed E-state index contributed by atoms with van der Waals surface area (Å²) < 4.78 is 7.85. The lowest BCUT2D eigenvalue weighted by atomic mass is 9.98. The molecule has 2 heterocycles. The van der Waals surface area contributed by atoms with Crippen molar-refractivity contribution in [2.75, 3.05) is 19.7 Å². The van der Waals surface area contributed by atoms with E-state index in [1.54, 1.807) is 0 Å². The Labute approximate surface area is 178 Å². The van der Waals surface area contributed by atoms with Crippen LogP contribution in [-0.2, 0) is 24.8 Å². The van der Waals surface area contributed by atoms with Gasteiger partial charge in [-0.2, -0.15) is 0 Å². The number of aromatic nitrogens is 1. The number of aryl methyl sites for hydroxylation is 2. The molecular weight excluding hydrogens is 374 g/mol. The predicted molar refractivity (Wildman–Crippen MR) is 118 cm³/mol. The minimum atomic E-state index is -0.102. The predicted octanol–water partition coefficient (Wildman–Crippen LogP) is 3.63. The quantitative estimate of drug-likeness (QED) is 0.655. The molecule has 5 heteroatoms. The van der Waals surface area contributed by atoms with E-state index in [0.717, 1.165) is 30.8 Å². The molecule has 4 rings (SSSR count). The Morgan fingerprint density at radius 1 is 1.07 bits per heavy atom. The van der Waals surface area contributed by atoms with Gasteiger partial charge in [0.15, 0.2) is 6.61 Å². The number of carbonyl (C=O) groups excluding carboxylic acids is 1. The zero-order valence-corrected chi connectivity index (χ0v) is 17.7. The lowest BCUT2D eigenvalue weighted by Gasteiger charge is -2.36. The van der Waals surface area contributed by atoms with Gasteiger partial charge in [0.1, 0.15) is 5.75 Å². The standard InChI is InChI=1S/C25H29N3O2/c1-19-8-3-6-12-24(19)30-18-25(29)26-16-23(22-11-7-14-27(22)2)28-15-13-20-9-4-5-10-21(20)17-28/h3-12,14,23H,13,15-18H2,1-2H3,(H,26,29)/t23-/m1/s1. The molecule has 1 N–H and O–H groups in total. The van der Waals surface area contributed by atoms with Gasteiger partial charge in [-0.1, -0.05) is 42.5 Å². The molecule has 0 saturated heterocycles. The van der Waals surface area contributed by atoms with Crippen molar-refractivity contribution in [1.82, 2.24) is 14.8 Å². The van der Waals surface area contributed by atoms with E-state index < -0.39 is 0 Å². The molecule has 0 radical (unpaired) electrons. The molecule has 30 heavy (non-hydrogen) atoms.